The summed E-state index contributed by atoms with van der Waals surface area (Å²) in [7, 11) is 0. The molecule has 0 bridgehead atoms. The van der Waals surface area contributed by atoms with Crippen LogP contribution in [0.25, 0.3) is 0 Å². The van der Waals surface area contributed by atoms with E-state index >= 15 is 0 Å². The fourth-order valence-electron chi connectivity index (χ4n) is 3.36. The van der Waals surface area contributed by atoms with Gasteiger partial charge >= 0.3 is 5.97 Å². The number of carbonyl (C=O) groups excluding carboxylic acids is 1. The van der Waals surface area contributed by atoms with E-state index in [4.69, 9.17) is 9.47 Å². The van der Waals surface area contributed by atoms with Crippen LogP contribution in [0.4, 0.5) is 0 Å². The van der Waals surface area contributed by atoms with Crippen LogP contribution in [0.5, 0.6) is 0 Å². The predicted molar refractivity (Wildman–Crippen MR) is 105 cm³/mol. The van der Waals surface area contributed by atoms with Gasteiger partial charge in [0.15, 0.2) is 0 Å². The average Bonchev–Trinajstić information content (AvgIpc) is 3.35. The van der Waals surface area contributed by atoms with Crippen molar-refractivity contribution in [2.24, 2.45) is 0 Å². The normalized spacial score (nSPS) is 19.1. The van der Waals surface area contributed by atoms with Gasteiger partial charge in [0.1, 0.15) is 0 Å². The SMILES string of the molecule is CCCCCCCC[C@H]1O[C@@H]1CCCCCCCC(=O)OCCCC. The van der Waals surface area contributed by atoms with Crippen molar-refractivity contribution < 1.29 is 14.3 Å². The molecule has 148 valence electrons. The van der Waals surface area contributed by atoms with E-state index < -0.39 is 0 Å². The molecule has 1 fully saturated rings. The first-order valence-corrected chi connectivity index (χ1v) is 11.1. The molecule has 1 aliphatic rings. The van der Waals surface area contributed by atoms with Gasteiger partial charge in [-0.15, -0.1) is 0 Å². The zero-order valence-electron chi connectivity index (χ0n) is 16.9. The van der Waals surface area contributed by atoms with Crippen LogP contribution in [0.15, 0.2) is 0 Å². The molecule has 0 aromatic carbocycles. The van der Waals surface area contributed by atoms with E-state index in [0.29, 0.717) is 25.2 Å². The minimum absolute atomic E-state index is 0.0163. The second-order valence-electron chi connectivity index (χ2n) is 7.65. The number of rotatable bonds is 18. The molecule has 0 N–H and O–H groups in total. The van der Waals surface area contributed by atoms with Crippen LogP contribution in [0.3, 0.4) is 0 Å². The molecule has 3 heteroatoms. The molecule has 0 amide bonds. The Labute approximate surface area is 156 Å². The van der Waals surface area contributed by atoms with Crippen molar-refractivity contribution in [1.29, 1.82) is 0 Å². The fourth-order valence-corrected chi connectivity index (χ4v) is 3.36. The minimum Gasteiger partial charge on any atom is -0.466 e. The summed E-state index contributed by atoms with van der Waals surface area (Å²) in [5, 5.41) is 0. The maximum Gasteiger partial charge on any atom is 0.305 e. The van der Waals surface area contributed by atoms with E-state index in [1.165, 1.54) is 70.6 Å². The largest absolute Gasteiger partial charge is 0.466 e. The van der Waals surface area contributed by atoms with Crippen molar-refractivity contribution in [1.82, 2.24) is 0 Å². The Morgan fingerprint density at radius 3 is 1.84 bits per heavy atom. The van der Waals surface area contributed by atoms with Crippen molar-refractivity contribution in [2.45, 2.75) is 129 Å². The quantitative estimate of drug-likeness (QED) is 0.158. The van der Waals surface area contributed by atoms with Gasteiger partial charge in [-0.3, -0.25) is 4.79 Å². The summed E-state index contributed by atoms with van der Waals surface area (Å²) in [5.74, 6) is -0.0163. The van der Waals surface area contributed by atoms with Gasteiger partial charge in [-0.2, -0.15) is 0 Å². The van der Waals surface area contributed by atoms with Crippen LogP contribution in [0, 0.1) is 0 Å². The van der Waals surface area contributed by atoms with E-state index in [1.54, 1.807) is 0 Å². The van der Waals surface area contributed by atoms with Crippen LogP contribution < -0.4 is 0 Å². The molecule has 2 atom stereocenters. The van der Waals surface area contributed by atoms with Crippen molar-refractivity contribution in [2.75, 3.05) is 6.61 Å². The molecule has 0 unspecified atom stereocenters. The van der Waals surface area contributed by atoms with E-state index in [9.17, 15) is 4.79 Å². The van der Waals surface area contributed by atoms with E-state index in [2.05, 4.69) is 13.8 Å². The molecule has 1 aliphatic heterocycles. The molecule has 1 heterocycles. The lowest BCUT2D eigenvalue weighted by Gasteiger charge is -2.04. The number of unbranched alkanes of at least 4 members (excludes halogenated alkanes) is 10. The van der Waals surface area contributed by atoms with Gasteiger partial charge < -0.3 is 9.47 Å². The molecule has 0 aromatic heterocycles. The number of carbonyl (C=O) groups is 1. The lowest BCUT2D eigenvalue weighted by Crippen LogP contribution is -2.05. The molecule has 25 heavy (non-hydrogen) atoms. The molecule has 0 radical (unpaired) electrons. The summed E-state index contributed by atoms with van der Waals surface area (Å²) in [4.78, 5) is 11.5. The summed E-state index contributed by atoms with van der Waals surface area (Å²) in [5.41, 5.74) is 0. The van der Waals surface area contributed by atoms with Crippen LogP contribution >= 0.6 is 0 Å². The summed E-state index contributed by atoms with van der Waals surface area (Å²) in [6, 6.07) is 0. The lowest BCUT2D eigenvalue weighted by atomic mass is 10.0. The topological polar surface area (TPSA) is 38.8 Å². The van der Waals surface area contributed by atoms with Crippen molar-refractivity contribution in [3.05, 3.63) is 0 Å². The standard InChI is InChI=1S/C22H42O3/c1-3-5-7-8-10-13-16-20-21(25-20)17-14-11-9-12-15-18-22(23)24-19-6-4-2/h20-21H,3-19H2,1-2H3/t20-,21-/m1/s1. The number of hydrogen-bond donors (Lipinski definition) is 0. The molecule has 0 saturated carbocycles. The van der Waals surface area contributed by atoms with Crippen molar-refractivity contribution >= 4 is 5.97 Å². The predicted octanol–water partition coefficient (Wildman–Crippen LogP) is 6.58. The van der Waals surface area contributed by atoms with E-state index in [0.717, 1.165) is 25.7 Å². The van der Waals surface area contributed by atoms with Gasteiger partial charge in [-0.05, 0) is 25.7 Å². The highest BCUT2D eigenvalue weighted by molar-refractivity contribution is 5.69. The molecule has 0 aliphatic carbocycles. The van der Waals surface area contributed by atoms with Gasteiger partial charge in [0.05, 0.1) is 18.8 Å². The van der Waals surface area contributed by atoms with Gasteiger partial charge in [-0.25, -0.2) is 0 Å². The third-order valence-electron chi connectivity index (χ3n) is 5.16. The summed E-state index contributed by atoms with van der Waals surface area (Å²) in [6.07, 6.45) is 20.5. The zero-order valence-corrected chi connectivity index (χ0v) is 16.9. The molecule has 1 rings (SSSR count). The Bertz CT molecular complexity index is 316. The Kier molecular flexibility index (Phi) is 14.1. The van der Waals surface area contributed by atoms with Crippen molar-refractivity contribution in [3.63, 3.8) is 0 Å². The summed E-state index contributed by atoms with van der Waals surface area (Å²) >= 11 is 0. The van der Waals surface area contributed by atoms with E-state index in [-0.39, 0.29) is 5.97 Å². The average molecular weight is 355 g/mol. The van der Waals surface area contributed by atoms with Gasteiger partial charge in [0.25, 0.3) is 0 Å². The van der Waals surface area contributed by atoms with E-state index in [1.807, 2.05) is 0 Å². The summed E-state index contributed by atoms with van der Waals surface area (Å²) in [6.45, 7) is 4.97. The third kappa shape index (κ3) is 13.3. The summed E-state index contributed by atoms with van der Waals surface area (Å²) < 4.78 is 11.0. The fraction of sp³-hybridized carbons (Fsp3) is 0.955. The van der Waals surface area contributed by atoms with Crippen LogP contribution in [0.1, 0.15) is 117 Å². The van der Waals surface area contributed by atoms with Crippen LogP contribution in [-0.4, -0.2) is 24.8 Å². The first-order valence-electron chi connectivity index (χ1n) is 11.1. The lowest BCUT2D eigenvalue weighted by molar-refractivity contribution is -0.143. The second kappa shape index (κ2) is 15.7. The van der Waals surface area contributed by atoms with Crippen LogP contribution in [0.2, 0.25) is 0 Å². The number of hydrogen-bond acceptors (Lipinski definition) is 3. The first kappa shape index (κ1) is 22.5. The second-order valence-corrected chi connectivity index (χ2v) is 7.65. The molecule has 0 aromatic rings. The highest BCUT2D eigenvalue weighted by atomic mass is 16.6. The van der Waals surface area contributed by atoms with Gasteiger partial charge in [0.2, 0.25) is 0 Å². The third-order valence-corrected chi connectivity index (χ3v) is 5.16. The molecule has 3 nitrogen and oxygen atoms in total. The highest BCUT2D eigenvalue weighted by Gasteiger charge is 2.36. The Hall–Kier alpha value is -0.570. The molecular weight excluding hydrogens is 312 g/mol. The Morgan fingerprint density at radius 2 is 1.24 bits per heavy atom. The van der Waals surface area contributed by atoms with Gasteiger partial charge in [-0.1, -0.05) is 84.5 Å². The zero-order chi connectivity index (χ0) is 18.2. The maximum atomic E-state index is 11.5. The number of epoxide rings is 1. The Morgan fingerprint density at radius 1 is 0.720 bits per heavy atom. The number of ether oxygens (including phenoxy) is 2. The monoisotopic (exact) mass is 354 g/mol. The smallest absolute Gasteiger partial charge is 0.305 e. The van der Waals surface area contributed by atoms with Gasteiger partial charge in [0, 0.05) is 6.42 Å². The molecular formula is C22H42O3. The van der Waals surface area contributed by atoms with Crippen molar-refractivity contribution in [3.8, 4) is 0 Å². The Balaban J connectivity index is 1.77. The first-order chi connectivity index (χ1) is 12.3. The molecule has 1 saturated heterocycles. The number of esters is 1. The van der Waals surface area contributed by atoms with Crippen LogP contribution in [-0.2, 0) is 14.3 Å². The minimum atomic E-state index is -0.0163. The molecule has 0 spiro atoms. The maximum absolute atomic E-state index is 11.5. The highest BCUT2D eigenvalue weighted by Crippen LogP contribution is 2.31.